The molecule has 2 N–H and O–H groups in total. The molecule has 0 spiro atoms. The fourth-order valence-electron chi connectivity index (χ4n) is 3.28. The van der Waals surface area contributed by atoms with Crippen LogP contribution in [0.3, 0.4) is 0 Å². The second-order valence-corrected chi connectivity index (χ2v) is 7.81. The second-order valence-electron chi connectivity index (χ2n) is 7.81. The Morgan fingerprint density at radius 1 is 1.03 bits per heavy atom. The number of hydrogen-bond acceptors (Lipinski definition) is 6. The van der Waals surface area contributed by atoms with Gasteiger partial charge in [-0.25, -0.2) is 4.98 Å². The quantitative estimate of drug-likeness (QED) is 0.668. The summed E-state index contributed by atoms with van der Waals surface area (Å²) in [6, 6.07) is 12.1. The van der Waals surface area contributed by atoms with Crippen LogP contribution in [0.15, 0.2) is 42.6 Å². The molecule has 29 heavy (non-hydrogen) atoms. The SMILES string of the molecule is CN(C)CCCNC(=O)c1ccc(Nc2ccc(N3CCN(C)CC3)cc2)cn1. The van der Waals surface area contributed by atoms with Gasteiger partial charge < -0.3 is 25.3 Å². The zero-order valence-electron chi connectivity index (χ0n) is 17.7. The highest BCUT2D eigenvalue weighted by Gasteiger charge is 2.14. The summed E-state index contributed by atoms with van der Waals surface area (Å²) in [5.41, 5.74) is 3.56. The Bertz CT molecular complexity index is 767. The number of anilines is 3. The lowest BCUT2D eigenvalue weighted by atomic mass is 10.2. The molecular formula is C22H32N6O. The number of nitrogens with one attached hydrogen (secondary N) is 2. The van der Waals surface area contributed by atoms with E-state index in [1.165, 1.54) is 5.69 Å². The summed E-state index contributed by atoms with van der Waals surface area (Å²) >= 11 is 0. The molecule has 7 heteroatoms. The van der Waals surface area contributed by atoms with Crippen LogP contribution in [0, 0.1) is 0 Å². The largest absolute Gasteiger partial charge is 0.369 e. The van der Waals surface area contributed by atoms with Crippen molar-refractivity contribution in [2.75, 3.05) is 70.6 Å². The number of carbonyl (C=O) groups excluding carboxylic acids is 1. The topological polar surface area (TPSA) is 63.7 Å². The average molecular weight is 397 g/mol. The van der Waals surface area contributed by atoms with Gasteiger partial charge in [0.25, 0.3) is 5.91 Å². The van der Waals surface area contributed by atoms with E-state index >= 15 is 0 Å². The first-order valence-electron chi connectivity index (χ1n) is 10.2. The first kappa shape index (κ1) is 21.1. The van der Waals surface area contributed by atoms with E-state index in [2.05, 4.69) is 61.6 Å². The Kier molecular flexibility index (Phi) is 7.43. The number of likely N-dealkylation sites (N-methyl/N-ethyl adjacent to an activating group) is 1. The van der Waals surface area contributed by atoms with Gasteiger partial charge in [-0.05, 0) is 70.5 Å². The summed E-state index contributed by atoms with van der Waals surface area (Å²) in [6.07, 6.45) is 2.62. The van der Waals surface area contributed by atoms with Crippen LogP contribution in [0.5, 0.6) is 0 Å². The van der Waals surface area contributed by atoms with Crippen LogP contribution in [0.25, 0.3) is 0 Å². The van der Waals surface area contributed by atoms with Gasteiger partial charge in [-0.2, -0.15) is 0 Å². The van der Waals surface area contributed by atoms with Crippen molar-refractivity contribution in [2.45, 2.75) is 6.42 Å². The molecule has 1 fully saturated rings. The third-order valence-electron chi connectivity index (χ3n) is 5.09. The lowest BCUT2D eigenvalue weighted by Gasteiger charge is -2.34. The second kappa shape index (κ2) is 10.2. The van der Waals surface area contributed by atoms with Gasteiger partial charge in [0.2, 0.25) is 0 Å². The van der Waals surface area contributed by atoms with Gasteiger partial charge >= 0.3 is 0 Å². The minimum atomic E-state index is -0.133. The summed E-state index contributed by atoms with van der Waals surface area (Å²) in [5.74, 6) is -0.133. The fourth-order valence-corrected chi connectivity index (χ4v) is 3.28. The number of pyridine rings is 1. The van der Waals surface area contributed by atoms with E-state index in [0.717, 1.165) is 50.5 Å². The molecule has 0 radical (unpaired) electrons. The van der Waals surface area contributed by atoms with Gasteiger partial charge in [0, 0.05) is 44.1 Å². The molecule has 0 atom stereocenters. The molecule has 2 aromatic rings. The Morgan fingerprint density at radius 2 is 1.72 bits per heavy atom. The van der Waals surface area contributed by atoms with Crippen molar-refractivity contribution >= 4 is 23.0 Å². The molecule has 1 aromatic heterocycles. The van der Waals surface area contributed by atoms with Crippen molar-refractivity contribution in [2.24, 2.45) is 0 Å². The van der Waals surface area contributed by atoms with Gasteiger partial charge in [0.05, 0.1) is 11.9 Å². The number of benzene rings is 1. The van der Waals surface area contributed by atoms with E-state index in [-0.39, 0.29) is 5.91 Å². The maximum absolute atomic E-state index is 12.2. The molecule has 0 aliphatic carbocycles. The third-order valence-corrected chi connectivity index (χ3v) is 5.09. The molecule has 1 aromatic carbocycles. The maximum atomic E-state index is 12.2. The molecule has 1 aliphatic heterocycles. The molecular weight excluding hydrogens is 364 g/mol. The summed E-state index contributed by atoms with van der Waals surface area (Å²) in [6.45, 7) is 5.92. The van der Waals surface area contributed by atoms with Crippen molar-refractivity contribution in [3.63, 3.8) is 0 Å². The van der Waals surface area contributed by atoms with Crippen molar-refractivity contribution in [3.05, 3.63) is 48.3 Å². The minimum Gasteiger partial charge on any atom is -0.369 e. The number of nitrogens with zero attached hydrogens (tertiary/aromatic N) is 4. The molecule has 3 rings (SSSR count). The van der Waals surface area contributed by atoms with Crippen LogP contribution in [0.1, 0.15) is 16.9 Å². The zero-order valence-corrected chi connectivity index (χ0v) is 17.7. The summed E-state index contributed by atoms with van der Waals surface area (Å²) in [4.78, 5) is 23.3. The molecule has 7 nitrogen and oxygen atoms in total. The molecule has 0 unspecified atom stereocenters. The first-order chi connectivity index (χ1) is 14.0. The van der Waals surface area contributed by atoms with Crippen LogP contribution >= 0.6 is 0 Å². The van der Waals surface area contributed by atoms with Gasteiger partial charge in [-0.1, -0.05) is 0 Å². The zero-order chi connectivity index (χ0) is 20.6. The summed E-state index contributed by atoms with van der Waals surface area (Å²) in [5, 5.41) is 6.25. The molecule has 0 saturated carbocycles. The summed E-state index contributed by atoms with van der Waals surface area (Å²) < 4.78 is 0. The van der Waals surface area contributed by atoms with Gasteiger partial charge in [0.15, 0.2) is 0 Å². The Hall–Kier alpha value is -2.64. The normalized spacial score (nSPS) is 14.8. The maximum Gasteiger partial charge on any atom is 0.269 e. The van der Waals surface area contributed by atoms with Crippen molar-refractivity contribution in [3.8, 4) is 0 Å². The smallest absolute Gasteiger partial charge is 0.269 e. The van der Waals surface area contributed by atoms with E-state index in [0.29, 0.717) is 12.2 Å². The van der Waals surface area contributed by atoms with Crippen LogP contribution in [0.4, 0.5) is 17.1 Å². The highest BCUT2D eigenvalue weighted by molar-refractivity contribution is 5.92. The lowest BCUT2D eigenvalue weighted by molar-refractivity contribution is 0.0947. The van der Waals surface area contributed by atoms with E-state index < -0.39 is 0 Å². The van der Waals surface area contributed by atoms with Gasteiger partial charge in [-0.3, -0.25) is 4.79 Å². The molecule has 1 aliphatic rings. The van der Waals surface area contributed by atoms with Crippen LogP contribution in [-0.4, -0.2) is 81.1 Å². The van der Waals surface area contributed by atoms with E-state index in [1.54, 1.807) is 12.3 Å². The monoisotopic (exact) mass is 396 g/mol. The van der Waals surface area contributed by atoms with Gasteiger partial charge in [0.1, 0.15) is 5.69 Å². The molecule has 0 bridgehead atoms. The lowest BCUT2D eigenvalue weighted by Crippen LogP contribution is -2.44. The standard InChI is InChI=1S/C22H32N6O/c1-26(2)12-4-11-23-22(29)21-10-7-19(17-24-21)25-18-5-8-20(9-6-18)28-15-13-27(3)14-16-28/h5-10,17,25H,4,11-16H2,1-3H3,(H,23,29). The number of hydrogen-bond donors (Lipinski definition) is 2. The number of carbonyl (C=O) groups is 1. The number of amides is 1. The summed E-state index contributed by atoms with van der Waals surface area (Å²) in [7, 11) is 6.21. The van der Waals surface area contributed by atoms with E-state index in [4.69, 9.17) is 0 Å². The Balaban J connectivity index is 1.49. The number of rotatable bonds is 8. The predicted octanol–water partition coefficient (Wildman–Crippen LogP) is 2.26. The van der Waals surface area contributed by atoms with Crippen LogP contribution in [-0.2, 0) is 0 Å². The molecule has 2 heterocycles. The van der Waals surface area contributed by atoms with Crippen molar-refractivity contribution < 1.29 is 4.79 Å². The van der Waals surface area contributed by atoms with Crippen molar-refractivity contribution in [1.29, 1.82) is 0 Å². The van der Waals surface area contributed by atoms with E-state index in [1.807, 2.05) is 20.2 Å². The third kappa shape index (κ3) is 6.44. The van der Waals surface area contributed by atoms with Gasteiger partial charge in [-0.15, -0.1) is 0 Å². The highest BCUT2D eigenvalue weighted by Crippen LogP contribution is 2.22. The highest BCUT2D eigenvalue weighted by atomic mass is 16.1. The number of aromatic nitrogens is 1. The first-order valence-corrected chi connectivity index (χ1v) is 10.2. The molecule has 1 saturated heterocycles. The van der Waals surface area contributed by atoms with Crippen LogP contribution < -0.4 is 15.5 Å². The molecule has 1 amide bonds. The van der Waals surface area contributed by atoms with Crippen molar-refractivity contribution in [1.82, 2.24) is 20.1 Å². The molecule has 156 valence electrons. The predicted molar refractivity (Wildman–Crippen MR) is 119 cm³/mol. The minimum absolute atomic E-state index is 0.133. The van der Waals surface area contributed by atoms with E-state index in [9.17, 15) is 4.79 Å². The Labute approximate surface area is 173 Å². The number of piperazine rings is 1. The Morgan fingerprint density at radius 3 is 2.34 bits per heavy atom. The average Bonchev–Trinajstić information content (AvgIpc) is 2.73. The van der Waals surface area contributed by atoms with Crippen LogP contribution in [0.2, 0.25) is 0 Å². The fraction of sp³-hybridized carbons (Fsp3) is 0.455.